The topological polar surface area (TPSA) is 85.1 Å². The predicted octanol–water partition coefficient (Wildman–Crippen LogP) is 2.70. The number of hydrogen-bond donors (Lipinski definition) is 1. The third kappa shape index (κ3) is 2.39. The third-order valence-corrected chi connectivity index (χ3v) is 4.96. The maximum absolute atomic E-state index is 12.3. The molecule has 104 valence electrons. The van der Waals surface area contributed by atoms with Crippen LogP contribution in [0.2, 0.25) is 0 Å². The Morgan fingerprint density at radius 1 is 1.25 bits per heavy atom. The van der Waals surface area contributed by atoms with Gasteiger partial charge in [-0.15, -0.1) is 11.3 Å². The average Bonchev–Trinajstić information content (AvgIpc) is 2.92. The fourth-order valence-corrected chi connectivity index (χ4v) is 3.72. The Morgan fingerprint density at radius 2 is 2.05 bits per heavy atom. The second kappa shape index (κ2) is 4.57. The standard InChI is InChI=1S/C12H11N3O3S2/c1-7-6-19-12(13-7)15-20(16,17)9-3-4-10-11(5-9)18-8(2)14-10/h3-6H,1-2H3,(H,13,15). The first-order chi connectivity index (χ1) is 9.44. The summed E-state index contributed by atoms with van der Waals surface area (Å²) in [5, 5.41) is 2.12. The highest BCUT2D eigenvalue weighted by atomic mass is 32.2. The minimum absolute atomic E-state index is 0.119. The Morgan fingerprint density at radius 3 is 2.75 bits per heavy atom. The highest BCUT2D eigenvalue weighted by Gasteiger charge is 2.17. The molecule has 0 radical (unpaired) electrons. The quantitative estimate of drug-likeness (QED) is 0.804. The van der Waals surface area contributed by atoms with E-state index in [0.29, 0.717) is 22.1 Å². The molecule has 0 aliphatic heterocycles. The monoisotopic (exact) mass is 309 g/mol. The number of sulfonamides is 1. The number of aryl methyl sites for hydroxylation is 2. The lowest BCUT2D eigenvalue weighted by atomic mass is 10.3. The predicted molar refractivity (Wildman–Crippen MR) is 76.4 cm³/mol. The van der Waals surface area contributed by atoms with Gasteiger partial charge in [0.25, 0.3) is 10.0 Å². The van der Waals surface area contributed by atoms with E-state index in [1.807, 2.05) is 0 Å². The molecule has 3 aromatic rings. The summed E-state index contributed by atoms with van der Waals surface area (Å²) < 4.78 is 32.3. The Balaban J connectivity index is 1.99. The molecule has 0 aliphatic rings. The van der Waals surface area contributed by atoms with Gasteiger partial charge in [-0.25, -0.2) is 18.4 Å². The first kappa shape index (κ1) is 13.1. The van der Waals surface area contributed by atoms with Crippen molar-refractivity contribution >= 4 is 37.6 Å². The van der Waals surface area contributed by atoms with Crippen LogP contribution in [0.5, 0.6) is 0 Å². The summed E-state index contributed by atoms with van der Waals surface area (Å²) >= 11 is 1.24. The van der Waals surface area contributed by atoms with Crippen molar-refractivity contribution in [2.75, 3.05) is 4.72 Å². The molecule has 0 spiro atoms. The van der Waals surface area contributed by atoms with E-state index in [4.69, 9.17) is 4.42 Å². The molecule has 6 nitrogen and oxygen atoms in total. The first-order valence-electron chi connectivity index (χ1n) is 5.76. The lowest BCUT2D eigenvalue weighted by Gasteiger charge is -2.04. The molecule has 3 rings (SSSR count). The lowest BCUT2D eigenvalue weighted by Crippen LogP contribution is -2.12. The second-order valence-electron chi connectivity index (χ2n) is 4.26. The van der Waals surface area contributed by atoms with Gasteiger partial charge in [-0.3, -0.25) is 4.72 Å². The molecule has 0 fully saturated rings. The number of oxazole rings is 1. The van der Waals surface area contributed by atoms with Crippen molar-refractivity contribution in [3.05, 3.63) is 35.2 Å². The smallest absolute Gasteiger partial charge is 0.263 e. The van der Waals surface area contributed by atoms with Crippen molar-refractivity contribution in [1.82, 2.24) is 9.97 Å². The molecule has 0 saturated carbocycles. The van der Waals surface area contributed by atoms with Crippen LogP contribution >= 0.6 is 11.3 Å². The van der Waals surface area contributed by atoms with Crippen molar-refractivity contribution in [2.24, 2.45) is 0 Å². The molecule has 1 N–H and O–H groups in total. The summed E-state index contributed by atoms with van der Waals surface area (Å²) in [5.74, 6) is 0.498. The normalized spacial score (nSPS) is 11.9. The van der Waals surface area contributed by atoms with Crippen LogP contribution < -0.4 is 4.72 Å². The van der Waals surface area contributed by atoms with Crippen molar-refractivity contribution in [2.45, 2.75) is 18.7 Å². The van der Waals surface area contributed by atoms with E-state index < -0.39 is 10.0 Å². The van der Waals surface area contributed by atoms with Crippen LogP contribution in [0.25, 0.3) is 11.1 Å². The number of anilines is 1. The average molecular weight is 309 g/mol. The molecule has 20 heavy (non-hydrogen) atoms. The molecule has 2 aromatic heterocycles. The summed E-state index contributed by atoms with van der Waals surface area (Å²) in [6.07, 6.45) is 0. The van der Waals surface area contributed by atoms with Gasteiger partial charge in [0.1, 0.15) is 5.52 Å². The van der Waals surface area contributed by atoms with Crippen LogP contribution in [0.3, 0.4) is 0 Å². The van der Waals surface area contributed by atoms with Gasteiger partial charge in [0.05, 0.1) is 10.6 Å². The molecule has 0 amide bonds. The van der Waals surface area contributed by atoms with E-state index >= 15 is 0 Å². The first-order valence-corrected chi connectivity index (χ1v) is 8.12. The van der Waals surface area contributed by atoms with Crippen LogP contribution in [0, 0.1) is 13.8 Å². The highest BCUT2D eigenvalue weighted by Crippen LogP contribution is 2.23. The number of hydrogen-bond acceptors (Lipinski definition) is 6. The fraction of sp³-hybridized carbons (Fsp3) is 0.167. The third-order valence-electron chi connectivity index (χ3n) is 2.62. The van der Waals surface area contributed by atoms with Gasteiger partial charge in [-0.2, -0.15) is 0 Å². The zero-order valence-corrected chi connectivity index (χ0v) is 12.4. The number of fused-ring (bicyclic) bond motifs is 1. The van der Waals surface area contributed by atoms with Crippen LogP contribution in [0.15, 0.2) is 32.9 Å². The van der Waals surface area contributed by atoms with Crippen LogP contribution in [0.1, 0.15) is 11.6 Å². The Labute approximate surface area is 119 Å². The van der Waals surface area contributed by atoms with Gasteiger partial charge < -0.3 is 4.42 Å². The molecule has 2 heterocycles. The van der Waals surface area contributed by atoms with Crippen LogP contribution in [-0.4, -0.2) is 18.4 Å². The highest BCUT2D eigenvalue weighted by molar-refractivity contribution is 7.93. The van der Waals surface area contributed by atoms with E-state index in [2.05, 4.69) is 14.7 Å². The van der Waals surface area contributed by atoms with Gasteiger partial charge in [0.15, 0.2) is 16.6 Å². The van der Waals surface area contributed by atoms with Gasteiger partial charge >= 0.3 is 0 Å². The largest absolute Gasteiger partial charge is 0.441 e. The number of benzene rings is 1. The van der Waals surface area contributed by atoms with E-state index in [1.165, 1.54) is 23.5 Å². The molecule has 0 aliphatic carbocycles. The van der Waals surface area contributed by atoms with Crippen LogP contribution in [-0.2, 0) is 10.0 Å². The van der Waals surface area contributed by atoms with Gasteiger partial charge in [0, 0.05) is 18.4 Å². The number of nitrogens with zero attached hydrogens (tertiary/aromatic N) is 2. The zero-order chi connectivity index (χ0) is 14.3. The molecule has 0 saturated heterocycles. The number of rotatable bonds is 3. The van der Waals surface area contributed by atoms with Crippen molar-refractivity contribution < 1.29 is 12.8 Å². The summed E-state index contributed by atoms with van der Waals surface area (Å²) in [4.78, 5) is 8.33. The molecule has 0 bridgehead atoms. The van der Waals surface area contributed by atoms with Gasteiger partial charge in [-0.1, -0.05) is 0 Å². The molecular formula is C12H11N3O3S2. The summed E-state index contributed by atoms with van der Waals surface area (Å²) in [5.41, 5.74) is 1.85. The number of nitrogens with one attached hydrogen (secondary N) is 1. The van der Waals surface area contributed by atoms with Crippen LogP contribution in [0.4, 0.5) is 5.13 Å². The summed E-state index contributed by atoms with van der Waals surface area (Å²) in [6, 6.07) is 4.57. The minimum Gasteiger partial charge on any atom is -0.441 e. The fourth-order valence-electron chi connectivity index (χ4n) is 1.76. The zero-order valence-electron chi connectivity index (χ0n) is 10.7. The van der Waals surface area contributed by atoms with Crippen molar-refractivity contribution in [3.8, 4) is 0 Å². The molecule has 1 aromatic carbocycles. The molecule has 8 heteroatoms. The Hall–Kier alpha value is -1.93. The maximum atomic E-state index is 12.3. The van der Waals surface area contributed by atoms with Crippen molar-refractivity contribution in [3.63, 3.8) is 0 Å². The SMILES string of the molecule is Cc1csc(NS(=O)(=O)c2ccc3nc(C)oc3c2)n1. The van der Waals surface area contributed by atoms with E-state index in [0.717, 1.165) is 5.69 Å². The van der Waals surface area contributed by atoms with E-state index in [1.54, 1.807) is 25.3 Å². The summed E-state index contributed by atoms with van der Waals surface area (Å²) in [6.45, 7) is 3.52. The Bertz CT molecular complexity index is 880. The summed E-state index contributed by atoms with van der Waals surface area (Å²) in [7, 11) is -3.67. The second-order valence-corrected chi connectivity index (χ2v) is 6.80. The number of thiazole rings is 1. The van der Waals surface area contributed by atoms with Crippen molar-refractivity contribution in [1.29, 1.82) is 0 Å². The number of aromatic nitrogens is 2. The minimum atomic E-state index is -3.67. The van der Waals surface area contributed by atoms with E-state index in [9.17, 15) is 8.42 Å². The molecular weight excluding hydrogens is 298 g/mol. The molecule has 0 unspecified atom stereocenters. The van der Waals surface area contributed by atoms with E-state index in [-0.39, 0.29) is 4.90 Å². The lowest BCUT2D eigenvalue weighted by molar-refractivity contribution is 0.559. The Kier molecular flexibility index (Phi) is 2.98. The van der Waals surface area contributed by atoms with Gasteiger partial charge in [-0.05, 0) is 19.1 Å². The molecule has 0 atom stereocenters. The van der Waals surface area contributed by atoms with Gasteiger partial charge in [0.2, 0.25) is 0 Å². The maximum Gasteiger partial charge on any atom is 0.263 e.